The van der Waals surface area contributed by atoms with Crippen molar-refractivity contribution in [1.82, 2.24) is 0 Å². The maximum absolute atomic E-state index is 8.59. The predicted molar refractivity (Wildman–Crippen MR) is 75.0 cm³/mol. The fourth-order valence-corrected chi connectivity index (χ4v) is 2.35. The Morgan fingerprint density at radius 2 is 1.71 bits per heavy atom. The molecule has 0 fully saturated rings. The third kappa shape index (κ3) is 5.54. The Morgan fingerprint density at radius 1 is 1.24 bits per heavy atom. The van der Waals surface area contributed by atoms with Crippen LogP contribution in [0.2, 0.25) is 18.1 Å². The van der Waals surface area contributed by atoms with Crippen LogP contribution in [-0.4, -0.2) is 26.0 Å². The van der Waals surface area contributed by atoms with E-state index in [4.69, 9.17) is 15.4 Å². The highest BCUT2D eigenvalue weighted by atomic mass is 28.4. The standard InChI is InChI=1S/C12H28N2O2Si/c1-11(2,3)17(6,7)16-9-12(4,5)8-10(13)14-15/h15H,8-9H2,1-7H3,(H2,13,14). The van der Waals surface area contributed by atoms with E-state index in [1.807, 2.05) is 0 Å². The molecule has 0 aliphatic heterocycles. The highest BCUT2D eigenvalue weighted by Gasteiger charge is 2.38. The van der Waals surface area contributed by atoms with E-state index >= 15 is 0 Å². The number of oxime groups is 1. The Kier molecular flexibility index (Phi) is 5.22. The fraction of sp³-hybridized carbons (Fsp3) is 0.917. The van der Waals surface area contributed by atoms with Gasteiger partial charge in [0.05, 0.1) is 0 Å². The third-order valence-electron chi connectivity index (χ3n) is 3.42. The number of hydrogen-bond donors (Lipinski definition) is 2. The molecule has 0 rings (SSSR count). The van der Waals surface area contributed by atoms with Crippen LogP contribution in [0.25, 0.3) is 0 Å². The minimum atomic E-state index is -1.72. The summed E-state index contributed by atoms with van der Waals surface area (Å²) in [5.74, 6) is 0.258. The zero-order chi connectivity index (χ0) is 13.9. The summed E-state index contributed by atoms with van der Waals surface area (Å²) in [5, 5.41) is 11.8. The summed E-state index contributed by atoms with van der Waals surface area (Å²) in [4.78, 5) is 0. The minimum Gasteiger partial charge on any atom is -0.416 e. The Morgan fingerprint density at radius 3 is 2.06 bits per heavy atom. The van der Waals surface area contributed by atoms with Gasteiger partial charge in [0.15, 0.2) is 8.32 Å². The third-order valence-corrected chi connectivity index (χ3v) is 7.90. The molecule has 0 saturated heterocycles. The van der Waals surface area contributed by atoms with Crippen LogP contribution >= 0.6 is 0 Å². The molecular weight excluding hydrogens is 232 g/mol. The topological polar surface area (TPSA) is 67.8 Å². The predicted octanol–water partition coefficient (Wildman–Crippen LogP) is 3.17. The molecule has 0 aromatic carbocycles. The van der Waals surface area contributed by atoms with Gasteiger partial charge in [-0.1, -0.05) is 39.8 Å². The van der Waals surface area contributed by atoms with Crippen molar-refractivity contribution in [3.05, 3.63) is 0 Å². The molecule has 0 aromatic rings. The zero-order valence-corrected chi connectivity index (χ0v) is 13.3. The maximum Gasteiger partial charge on any atom is 0.192 e. The van der Waals surface area contributed by atoms with Gasteiger partial charge in [0.2, 0.25) is 0 Å². The average Bonchev–Trinajstić information content (AvgIpc) is 2.12. The van der Waals surface area contributed by atoms with E-state index in [9.17, 15) is 0 Å². The Balaban J connectivity index is 4.46. The van der Waals surface area contributed by atoms with E-state index in [0.717, 1.165) is 0 Å². The molecule has 0 spiro atoms. The molecule has 102 valence electrons. The van der Waals surface area contributed by atoms with Crippen LogP contribution in [0.5, 0.6) is 0 Å². The molecular formula is C12H28N2O2Si. The summed E-state index contributed by atoms with van der Waals surface area (Å²) in [6, 6.07) is 0. The van der Waals surface area contributed by atoms with Crippen molar-refractivity contribution < 1.29 is 9.63 Å². The Hall–Kier alpha value is -0.553. The molecule has 4 nitrogen and oxygen atoms in total. The first-order valence-corrected chi connectivity index (χ1v) is 8.92. The van der Waals surface area contributed by atoms with Crippen LogP contribution in [0, 0.1) is 5.41 Å². The lowest BCUT2D eigenvalue weighted by atomic mass is 9.90. The maximum atomic E-state index is 8.59. The van der Waals surface area contributed by atoms with Gasteiger partial charge in [0.1, 0.15) is 5.84 Å². The van der Waals surface area contributed by atoms with Gasteiger partial charge in [-0.05, 0) is 23.5 Å². The van der Waals surface area contributed by atoms with Gasteiger partial charge in [-0.2, -0.15) is 0 Å². The lowest BCUT2D eigenvalue weighted by Crippen LogP contribution is -2.43. The first-order valence-electron chi connectivity index (χ1n) is 6.02. The van der Waals surface area contributed by atoms with Crippen molar-refractivity contribution in [1.29, 1.82) is 0 Å². The second-order valence-corrected chi connectivity index (χ2v) is 11.8. The minimum absolute atomic E-state index is 0.105. The van der Waals surface area contributed by atoms with Gasteiger partial charge in [-0.15, -0.1) is 0 Å². The van der Waals surface area contributed by atoms with E-state index in [2.05, 4.69) is 52.9 Å². The average molecular weight is 260 g/mol. The largest absolute Gasteiger partial charge is 0.416 e. The molecule has 0 aliphatic carbocycles. The van der Waals surface area contributed by atoms with Gasteiger partial charge in [-0.25, -0.2) is 0 Å². The summed E-state index contributed by atoms with van der Waals surface area (Å²) < 4.78 is 6.15. The molecule has 0 unspecified atom stereocenters. The first kappa shape index (κ1) is 16.4. The molecule has 0 heterocycles. The van der Waals surface area contributed by atoms with E-state index in [1.54, 1.807) is 0 Å². The molecule has 17 heavy (non-hydrogen) atoms. The van der Waals surface area contributed by atoms with Crippen molar-refractivity contribution in [2.75, 3.05) is 6.61 Å². The smallest absolute Gasteiger partial charge is 0.192 e. The summed E-state index contributed by atoms with van der Waals surface area (Å²) in [6.07, 6.45) is 0.540. The van der Waals surface area contributed by atoms with Gasteiger partial charge in [0.25, 0.3) is 0 Å². The zero-order valence-electron chi connectivity index (χ0n) is 12.3. The molecule has 0 radical (unpaired) electrons. The van der Waals surface area contributed by atoms with Crippen molar-refractivity contribution in [2.24, 2.45) is 16.3 Å². The Labute approximate surface area is 106 Å². The van der Waals surface area contributed by atoms with Crippen molar-refractivity contribution >= 4 is 14.2 Å². The first-order chi connectivity index (χ1) is 7.41. The van der Waals surface area contributed by atoms with E-state index in [0.29, 0.717) is 13.0 Å². The van der Waals surface area contributed by atoms with Crippen LogP contribution in [-0.2, 0) is 4.43 Å². The molecule has 0 aliphatic rings. The number of amidine groups is 1. The number of hydrogen-bond acceptors (Lipinski definition) is 3. The number of nitrogens with two attached hydrogens (primary N) is 1. The van der Waals surface area contributed by atoms with Gasteiger partial charge < -0.3 is 15.4 Å². The summed E-state index contributed by atoms with van der Waals surface area (Å²) >= 11 is 0. The van der Waals surface area contributed by atoms with Crippen molar-refractivity contribution in [2.45, 2.75) is 59.2 Å². The normalized spacial score (nSPS) is 15.1. The number of nitrogens with zero attached hydrogens (tertiary/aromatic N) is 1. The fourth-order valence-electron chi connectivity index (χ4n) is 1.17. The summed E-state index contributed by atoms with van der Waals surface area (Å²) in [7, 11) is -1.72. The molecule has 0 atom stereocenters. The van der Waals surface area contributed by atoms with Crippen LogP contribution < -0.4 is 5.73 Å². The van der Waals surface area contributed by atoms with Crippen LogP contribution in [0.3, 0.4) is 0 Å². The lowest BCUT2D eigenvalue weighted by molar-refractivity contribution is 0.169. The lowest BCUT2D eigenvalue weighted by Gasteiger charge is -2.39. The van der Waals surface area contributed by atoms with E-state index in [-0.39, 0.29) is 16.3 Å². The van der Waals surface area contributed by atoms with Gasteiger partial charge in [0, 0.05) is 13.0 Å². The summed E-state index contributed by atoms with van der Waals surface area (Å²) in [6.45, 7) is 15.9. The highest BCUT2D eigenvalue weighted by molar-refractivity contribution is 6.74. The van der Waals surface area contributed by atoms with Gasteiger partial charge in [-0.3, -0.25) is 0 Å². The van der Waals surface area contributed by atoms with Crippen LogP contribution in [0.15, 0.2) is 5.16 Å². The van der Waals surface area contributed by atoms with Crippen molar-refractivity contribution in [3.8, 4) is 0 Å². The highest BCUT2D eigenvalue weighted by Crippen LogP contribution is 2.37. The monoisotopic (exact) mass is 260 g/mol. The quantitative estimate of drug-likeness (QED) is 0.262. The number of rotatable bonds is 5. The van der Waals surface area contributed by atoms with Crippen molar-refractivity contribution in [3.63, 3.8) is 0 Å². The molecule has 0 bridgehead atoms. The van der Waals surface area contributed by atoms with E-state index < -0.39 is 8.32 Å². The second-order valence-electron chi connectivity index (χ2n) is 6.98. The molecule has 5 heteroatoms. The summed E-state index contributed by atoms with van der Waals surface area (Å²) in [5.41, 5.74) is 5.43. The second kappa shape index (κ2) is 5.39. The van der Waals surface area contributed by atoms with Crippen LogP contribution in [0.4, 0.5) is 0 Å². The SMILES string of the molecule is CC(C)(CO[Si](C)(C)C(C)(C)C)C/C(N)=N/O. The van der Waals surface area contributed by atoms with E-state index in [1.165, 1.54) is 0 Å². The Bertz CT molecular complexity index is 281. The molecule has 0 amide bonds. The molecule has 0 aromatic heterocycles. The molecule has 3 N–H and O–H groups in total. The van der Waals surface area contributed by atoms with Gasteiger partial charge >= 0.3 is 0 Å². The van der Waals surface area contributed by atoms with Crippen LogP contribution in [0.1, 0.15) is 41.0 Å². The molecule has 0 saturated carbocycles.